The van der Waals surface area contributed by atoms with Gasteiger partial charge in [-0.2, -0.15) is 0 Å². The molecule has 2 atom stereocenters. The number of rotatable bonds is 5. The van der Waals surface area contributed by atoms with E-state index in [1.807, 2.05) is 11.1 Å². The fraction of sp³-hybridized carbons (Fsp3) is 0.364. The van der Waals surface area contributed by atoms with Gasteiger partial charge in [-0.15, -0.1) is 11.8 Å². The smallest absolute Gasteiger partial charge is 0.182 e. The second kappa shape index (κ2) is 7.63. The van der Waals surface area contributed by atoms with Gasteiger partial charge in [0, 0.05) is 24.9 Å². The Kier molecular flexibility index (Phi) is 4.83. The molecule has 0 fully saturated rings. The van der Waals surface area contributed by atoms with Crippen LogP contribution in [0.25, 0.3) is 11.2 Å². The largest absolute Gasteiger partial charge is 0.340 e. The number of ketones is 1. The molecule has 2 aromatic heterocycles. The maximum absolute atomic E-state index is 13.0. The van der Waals surface area contributed by atoms with Gasteiger partial charge in [-0.25, -0.2) is 15.0 Å². The van der Waals surface area contributed by atoms with E-state index >= 15 is 0 Å². The number of allylic oxidation sites excluding steroid dienone is 1. The van der Waals surface area contributed by atoms with Gasteiger partial charge in [0.05, 0.1) is 11.2 Å². The third kappa shape index (κ3) is 3.44. The highest BCUT2D eigenvalue weighted by Gasteiger charge is 2.29. The standard InChI is InChI=1S/C22H23N5OS/c1-14-15(10-16-4-2-3-5-17(14)16)6-7-18(28)19-11-27(8-9-29-19)22-20-21(24-12-23-20)25-13-26-22/h2-5,11-15H,6-10H2,1H3,(H,23,24,25,26)/t14-,15-/m1/s1. The molecule has 0 spiro atoms. The summed E-state index contributed by atoms with van der Waals surface area (Å²) < 4.78 is 0. The van der Waals surface area contributed by atoms with Crippen molar-refractivity contribution < 1.29 is 4.79 Å². The fourth-order valence-electron chi connectivity index (χ4n) is 4.46. The number of hydrogen-bond donors (Lipinski definition) is 1. The van der Waals surface area contributed by atoms with Crippen LogP contribution in [0.5, 0.6) is 0 Å². The molecule has 6 nitrogen and oxygen atoms in total. The first kappa shape index (κ1) is 18.4. The monoisotopic (exact) mass is 405 g/mol. The lowest BCUT2D eigenvalue weighted by molar-refractivity contribution is -0.115. The van der Waals surface area contributed by atoms with E-state index in [4.69, 9.17) is 0 Å². The number of fused-ring (bicyclic) bond motifs is 2. The van der Waals surface area contributed by atoms with Crippen LogP contribution in [0.4, 0.5) is 5.82 Å². The molecule has 7 heteroatoms. The molecular formula is C22H23N5OS. The molecule has 1 N–H and O–H groups in total. The lowest BCUT2D eigenvalue weighted by Gasteiger charge is -2.25. The Morgan fingerprint density at radius 1 is 1.28 bits per heavy atom. The molecule has 0 saturated heterocycles. The van der Waals surface area contributed by atoms with Crippen LogP contribution in [0, 0.1) is 5.92 Å². The van der Waals surface area contributed by atoms with E-state index in [0.717, 1.165) is 41.4 Å². The quantitative estimate of drug-likeness (QED) is 0.690. The van der Waals surface area contributed by atoms with Crippen molar-refractivity contribution in [3.63, 3.8) is 0 Å². The summed E-state index contributed by atoms with van der Waals surface area (Å²) in [6.07, 6.45) is 7.71. The van der Waals surface area contributed by atoms with E-state index in [9.17, 15) is 4.79 Å². The van der Waals surface area contributed by atoms with Gasteiger partial charge in [0.25, 0.3) is 0 Å². The van der Waals surface area contributed by atoms with Gasteiger partial charge in [-0.05, 0) is 35.8 Å². The molecule has 2 aliphatic rings. The maximum Gasteiger partial charge on any atom is 0.182 e. The lowest BCUT2D eigenvalue weighted by atomic mass is 9.90. The molecule has 29 heavy (non-hydrogen) atoms. The molecule has 0 saturated carbocycles. The number of imidazole rings is 1. The third-order valence-electron chi connectivity index (χ3n) is 6.09. The summed E-state index contributed by atoms with van der Waals surface area (Å²) in [7, 11) is 0. The van der Waals surface area contributed by atoms with Crippen molar-refractivity contribution in [2.24, 2.45) is 5.92 Å². The number of carbonyl (C=O) groups is 1. The first-order valence-corrected chi connectivity index (χ1v) is 11.1. The summed E-state index contributed by atoms with van der Waals surface area (Å²) in [5.74, 6) is 2.95. The number of hydrogen-bond acceptors (Lipinski definition) is 6. The summed E-state index contributed by atoms with van der Waals surface area (Å²) in [4.78, 5) is 31.7. The topological polar surface area (TPSA) is 74.8 Å². The Balaban J connectivity index is 1.28. The van der Waals surface area contributed by atoms with Crippen LogP contribution < -0.4 is 4.90 Å². The van der Waals surface area contributed by atoms with Crippen LogP contribution in [-0.2, 0) is 11.2 Å². The summed E-state index contributed by atoms with van der Waals surface area (Å²) in [6.45, 7) is 3.10. The van der Waals surface area contributed by atoms with Gasteiger partial charge in [-0.3, -0.25) is 4.79 Å². The molecule has 3 heterocycles. The molecule has 1 aromatic carbocycles. The molecule has 3 aromatic rings. The summed E-state index contributed by atoms with van der Waals surface area (Å²) in [6, 6.07) is 8.69. The first-order valence-electron chi connectivity index (χ1n) is 10.1. The van der Waals surface area contributed by atoms with E-state index in [1.165, 1.54) is 17.5 Å². The normalized spacial score (nSPS) is 21.3. The van der Waals surface area contributed by atoms with Gasteiger partial charge >= 0.3 is 0 Å². The summed E-state index contributed by atoms with van der Waals surface area (Å²) in [5, 5.41) is 0. The average molecular weight is 406 g/mol. The Hall–Kier alpha value is -2.67. The molecule has 148 valence electrons. The van der Waals surface area contributed by atoms with Crippen molar-refractivity contribution in [2.45, 2.75) is 32.1 Å². The van der Waals surface area contributed by atoms with E-state index in [1.54, 1.807) is 18.1 Å². The second-order valence-electron chi connectivity index (χ2n) is 7.75. The molecule has 0 radical (unpaired) electrons. The highest BCUT2D eigenvalue weighted by atomic mass is 32.2. The minimum Gasteiger partial charge on any atom is -0.340 e. The van der Waals surface area contributed by atoms with Crippen LogP contribution in [0.1, 0.15) is 36.8 Å². The van der Waals surface area contributed by atoms with Crippen LogP contribution in [0.3, 0.4) is 0 Å². The lowest BCUT2D eigenvalue weighted by Crippen LogP contribution is -2.26. The highest BCUT2D eigenvalue weighted by Crippen LogP contribution is 2.40. The van der Waals surface area contributed by atoms with Gasteiger partial charge < -0.3 is 9.88 Å². The number of thioether (sulfide) groups is 1. The summed E-state index contributed by atoms with van der Waals surface area (Å²) >= 11 is 1.65. The summed E-state index contributed by atoms with van der Waals surface area (Å²) in [5.41, 5.74) is 4.35. The van der Waals surface area contributed by atoms with Gasteiger partial charge in [0.15, 0.2) is 17.2 Å². The molecule has 5 rings (SSSR count). The number of nitrogens with one attached hydrogen (secondary N) is 1. The van der Waals surface area contributed by atoms with E-state index in [-0.39, 0.29) is 5.78 Å². The van der Waals surface area contributed by atoms with Crippen LogP contribution >= 0.6 is 11.8 Å². The van der Waals surface area contributed by atoms with Crippen molar-refractivity contribution >= 4 is 34.5 Å². The van der Waals surface area contributed by atoms with E-state index in [2.05, 4.69) is 51.1 Å². The van der Waals surface area contributed by atoms with E-state index in [0.29, 0.717) is 23.9 Å². The number of anilines is 1. The predicted molar refractivity (Wildman–Crippen MR) is 116 cm³/mol. The minimum atomic E-state index is 0.234. The van der Waals surface area contributed by atoms with Crippen molar-refractivity contribution in [3.05, 3.63) is 59.2 Å². The molecule has 0 unspecified atom stereocenters. The zero-order valence-corrected chi connectivity index (χ0v) is 17.2. The van der Waals surface area contributed by atoms with Gasteiger partial charge in [-0.1, -0.05) is 31.2 Å². The number of carbonyl (C=O) groups excluding carboxylic acids is 1. The molecule has 1 aliphatic heterocycles. The Labute approximate surface area is 173 Å². The molecule has 1 aliphatic carbocycles. The van der Waals surface area contributed by atoms with Gasteiger partial charge in [0.2, 0.25) is 0 Å². The SMILES string of the molecule is C[C@H]1c2ccccc2C[C@H]1CCC(=O)C1=CN(c2ncnc3nc[nH]c23)CCS1. The number of H-pyrrole nitrogens is 1. The third-order valence-corrected chi connectivity index (χ3v) is 7.12. The van der Waals surface area contributed by atoms with Crippen LogP contribution in [0.2, 0.25) is 0 Å². The minimum absolute atomic E-state index is 0.234. The molecule has 0 bridgehead atoms. The van der Waals surface area contributed by atoms with Crippen molar-refractivity contribution in [2.75, 3.05) is 17.2 Å². The Morgan fingerprint density at radius 3 is 3.07 bits per heavy atom. The van der Waals surface area contributed by atoms with Crippen molar-refractivity contribution in [1.82, 2.24) is 19.9 Å². The fourth-order valence-corrected chi connectivity index (χ4v) is 5.43. The predicted octanol–water partition coefficient (Wildman–Crippen LogP) is 4.07. The van der Waals surface area contributed by atoms with E-state index < -0.39 is 0 Å². The average Bonchev–Trinajstić information content (AvgIpc) is 3.37. The van der Waals surface area contributed by atoms with Crippen molar-refractivity contribution in [3.8, 4) is 0 Å². The Morgan fingerprint density at radius 2 is 2.17 bits per heavy atom. The molecular weight excluding hydrogens is 382 g/mol. The van der Waals surface area contributed by atoms with Gasteiger partial charge in [0.1, 0.15) is 11.8 Å². The number of Topliss-reactive ketones (excluding diaryl/α,β-unsaturated/α-hetero) is 1. The Bertz CT molecular complexity index is 1090. The molecule has 0 amide bonds. The first-order chi connectivity index (χ1) is 14.2. The van der Waals surface area contributed by atoms with Crippen LogP contribution in [-0.4, -0.2) is 38.0 Å². The van der Waals surface area contributed by atoms with Crippen LogP contribution in [0.15, 0.2) is 48.0 Å². The highest BCUT2D eigenvalue weighted by molar-refractivity contribution is 8.04. The number of aromatic amines is 1. The number of nitrogens with zero attached hydrogens (tertiary/aromatic N) is 4. The van der Waals surface area contributed by atoms with Crippen molar-refractivity contribution in [1.29, 1.82) is 0 Å². The maximum atomic E-state index is 13.0. The second-order valence-corrected chi connectivity index (χ2v) is 8.88. The zero-order valence-electron chi connectivity index (χ0n) is 16.3. The number of aromatic nitrogens is 4. The zero-order chi connectivity index (χ0) is 19.8. The number of benzene rings is 1.